The first-order valence-corrected chi connectivity index (χ1v) is 9.79. The van der Waals surface area contributed by atoms with Crippen LogP contribution in [0, 0.1) is 6.92 Å². The molecular weight excluding hydrogens is 396 g/mol. The van der Waals surface area contributed by atoms with Crippen molar-refractivity contribution in [2.45, 2.75) is 26.8 Å². The number of anilines is 4. The number of carbonyl (C=O) groups excluding carboxylic acids is 1. The molecule has 2 aromatic carbocycles. The van der Waals surface area contributed by atoms with Crippen LogP contribution < -0.4 is 21.7 Å². The molecule has 4 rings (SSSR count). The van der Waals surface area contributed by atoms with E-state index in [4.69, 9.17) is 4.42 Å². The number of H-pyrrole nitrogens is 1. The highest BCUT2D eigenvalue weighted by molar-refractivity contribution is 5.94. The number of oxazole rings is 1. The summed E-state index contributed by atoms with van der Waals surface area (Å²) in [6.45, 7) is 5.73. The number of carbonyl (C=O) groups is 1. The Hall–Kier alpha value is -4.14. The van der Waals surface area contributed by atoms with Crippen molar-refractivity contribution in [1.29, 1.82) is 0 Å². The van der Waals surface area contributed by atoms with Crippen LogP contribution >= 0.6 is 0 Å². The molecule has 31 heavy (non-hydrogen) atoms. The van der Waals surface area contributed by atoms with Crippen LogP contribution in [0.4, 0.5) is 23.1 Å². The molecule has 0 saturated carbocycles. The van der Waals surface area contributed by atoms with Crippen molar-refractivity contribution in [3.63, 3.8) is 0 Å². The van der Waals surface area contributed by atoms with Crippen LogP contribution in [0.1, 0.15) is 29.8 Å². The van der Waals surface area contributed by atoms with Gasteiger partial charge in [-0.3, -0.25) is 9.78 Å². The molecule has 0 fully saturated rings. The van der Waals surface area contributed by atoms with Gasteiger partial charge in [-0.25, -0.2) is 9.78 Å². The molecule has 0 aliphatic carbocycles. The van der Waals surface area contributed by atoms with Gasteiger partial charge in [-0.2, -0.15) is 4.98 Å². The highest BCUT2D eigenvalue weighted by Gasteiger charge is 2.09. The van der Waals surface area contributed by atoms with Gasteiger partial charge in [0.2, 0.25) is 5.95 Å². The van der Waals surface area contributed by atoms with E-state index in [1.165, 1.54) is 0 Å². The Morgan fingerprint density at radius 2 is 1.81 bits per heavy atom. The maximum Gasteiger partial charge on any atom is 0.417 e. The molecule has 0 aliphatic rings. The largest absolute Gasteiger partial charge is 0.417 e. The van der Waals surface area contributed by atoms with E-state index in [1.807, 2.05) is 20.8 Å². The Labute approximate surface area is 177 Å². The average Bonchev–Trinajstić information content (AvgIpc) is 3.10. The fraction of sp³-hybridized carbons (Fsp3) is 0.182. The third-order valence-corrected chi connectivity index (χ3v) is 4.48. The normalized spacial score (nSPS) is 11.0. The molecule has 9 heteroatoms. The molecule has 0 unspecified atom stereocenters. The summed E-state index contributed by atoms with van der Waals surface area (Å²) in [6.07, 6.45) is 1.71. The fourth-order valence-corrected chi connectivity index (χ4v) is 2.97. The number of hydrogen-bond donors (Lipinski definition) is 4. The summed E-state index contributed by atoms with van der Waals surface area (Å²) in [4.78, 5) is 34.9. The quantitative estimate of drug-likeness (QED) is 0.375. The van der Waals surface area contributed by atoms with Gasteiger partial charge in [-0.15, -0.1) is 0 Å². The summed E-state index contributed by atoms with van der Waals surface area (Å²) >= 11 is 0. The lowest BCUT2D eigenvalue weighted by molar-refractivity contribution is 0.0943. The summed E-state index contributed by atoms with van der Waals surface area (Å²) in [6, 6.07) is 12.4. The Morgan fingerprint density at radius 1 is 1.06 bits per heavy atom. The fourth-order valence-electron chi connectivity index (χ4n) is 2.97. The topological polar surface area (TPSA) is 125 Å². The lowest BCUT2D eigenvalue weighted by Crippen LogP contribution is -2.29. The zero-order valence-corrected chi connectivity index (χ0v) is 17.3. The van der Waals surface area contributed by atoms with Gasteiger partial charge in [0.25, 0.3) is 5.91 Å². The van der Waals surface area contributed by atoms with Gasteiger partial charge in [0, 0.05) is 34.7 Å². The lowest BCUT2D eigenvalue weighted by Gasteiger charge is -2.12. The number of rotatable bonds is 6. The average molecular weight is 418 g/mol. The number of aryl methyl sites for hydroxylation is 1. The number of amides is 1. The maximum absolute atomic E-state index is 12.1. The smallest absolute Gasteiger partial charge is 0.408 e. The predicted octanol–water partition coefficient (Wildman–Crippen LogP) is 3.84. The first-order valence-electron chi connectivity index (χ1n) is 9.79. The van der Waals surface area contributed by atoms with Crippen LogP contribution in [-0.2, 0) is 0 Å². The van der Waals surface area contributed by atoms with E-state index >= 15 is 0 Å². The van der Waals surface area contributed by atoms with Gasteiger partial charge in [-0.1, -0.05) is 0 Å². The molecule has 0 spiro atoms. The van der Waals surface area contributed by atoms with Gasteiger partial charge < -0.3 is 20.4 Å². The standard InChI is InChI=1S/C22H22N6O3/c1-12(2)24-20(29)14-4-6-15(7-5-14)26-21-23-11-13(3)19(28-21)25-16-8-9-18-17(10-16)27-22(30)31-18/h4-12H,1-3H3,(H,24,29)(H,27,30)(H2,23,25,26,28). The predicted molar refractivity (Wildman–Crippen MR) is 119 cm³/mol. The number of hydrogen-bond acceptors (Lipinski definition) is 7. The second-order valence-corrected chi connectivity index (χ2v) is 7.41. The van der Waals surface area contributed by atoms with E-state index < -0.39 is 5.76 Å². The van der Waals surface area contributed by atoms with Crippen molar-refractivity contribution >= 4 is 40.1 Å². The van der Waals surface area contributed by atoms with Gasteiger partial charge in [-0.05, 0) is 63.2 Å². The second-order valence-electron chi connectivity index (χ2n) is 7.41. The Kier molecular flexibility index (Phi) is 5.40. The maximum atomic E-state index is 12.1. The van der Waals surface area contributed by atoms with Crippen LogP contribution in [-0.4, -0.2) is 26.9 Å². The number of benzene rings is 2. The van der Waals surface area contributed by atoms with Gasteiger partial charge in [0.15, 0.2) is 5.58 Å². The molecule has 0 saturated heterocycles. The molecule has 0 bridgehead atoms. The zero-order valence-electron chi connectivity index (χ0n) is 17.3. The van der Waals surface area contributed by atoms with Crippen molar-refractivity contribution in [2.24, 2.45) is 0 Å². The second kappa shape index (κ2) is 8.31. The minimum absolute atomic E-state index is 0.0756. The Bertz CT molecular complexity index is 1290. The molecular formula is C22H22N6O3. The molecule has 0 radical (unpaired) electrons. The van der Waals surface area contributed by atoms with Crippen LogP contribution in [0.25, 0.3) is 11.1 Å². The molecule has 2 aromatic heterocycles. The molecule has 0 atom stereocenters. The SMILES string of the molecule is Cc1cnc(Nc2ccc(C(=O)NC(C)C)cc2)nc1Nc1ccc2oc(=O)[nH]c2c1. The monoisotopic (exact) mass is 418 g/mol. The van der Waals surface area contributed by atoms with E-state index in [0.717, 1.165) is 16.9 Å². The summed E-state index contributed by atoms with van der Waals surface area (Å²) in [5.41, 5.74) is 4.03. The number of fused-ring (bicyclic) bond motifs is 1. The van der Waals surface area contributed by atoms with E-state index in [-0.39, 0.29) is 11.9 Å². The molecule has 0 aliphatic heterocycles. The molecule has 4 N–H and O–H groups in total. The highest BCUT2D eigenvalue weighted by Crippen LogP contribution is 2.23. The summed E-state index contributed by atoms with van der Waals surface area (Å²) in [5, 5.41) is 9.23. The zero-order chi connectivity index (χ0) is 22.0. The van der Waals surface area contributed by atoms with Crippen molar-refractivity contribution in [2.75, 3.05) is 10.6 Å². The molecule has 2 heterocycles. The molecule has 9 nitrogen and oxygen atoms in total. The third kappa shape index (κ3) is 4.72. The Morgan fingerprint density at radius 3 is 2.55 bits per heavy atom. The number of nitrogens with one attached hydrogen (secondary N) is 4. The molecule has 1 amide bonds. The van der Waals surface area contributed by atoms with E-state index in [2.05, 4.69) is 30.9 Å². The van der Waals surface area contributed by atoms with Gasteiger partial charge in [0.05, 0.1) is 5.52 Å². The summed E-state index contributed by atoms with van der Waals surface area (Å²) in [5.74, 6) is 0.418. The number of aromatic nitrogens is 3. The minimum Gasteiger partial charge on any atom is -0.408 e. The third-order valence-electron chi connectivity index (χ3n) is 4.48. The molecule has 4 aromatic rings. The van der Waals surface area contributed by atoms with Crippen molar-refractivity contribution in [3.8, 4) is 0 Å². The minimum atomic E-state index is -0.496. The van der Waals surface area contributed by atoms with Crippen molar-refractivity contribution < 1.29 is 9.21 Å². The van der Waals surface area contributed by atoms with E-state index in [9.17, 15) is 9.59 Å². The van der Waals surface area contributed by atoms with Gasteiger partial charge in [0.1, 0.15) is 5.82 Å². The molecule has 158 valence electrons. The first-order chi connectivity index (χ1) is 14.9. The van der Waals surface area contributed by atoms with Crippen LogP contribution in [0.15, 0.2) is 57.9 Å². The summed E-state index contributed by atoms with van der Waals surface area (Å²) < 4.78 is 5.02. The van der Waals surface area contributed by atoms with Crippen LogP contribution in [0.3, 0.4) is 0 Å². The van der Waals surface area contributed by atoms with Crippen LogP contribution in [0.2, 0.25) is 0 Å². The number of nitrogens with zero attached hydrogens (tertiary/aromatic N) is 2. The first kappa shape index (κ1) is 20.1. The number of aromatic amines is 1. The van der Waals surface area contributed by atoms with Crippen molar-refractivity contribution in [3.05, 3.63) is 70.3 Å². The van der Waals surface area contributed by atoms with E-state index in [1.54, 1.807) is 48.7 Å². The van der Waals surface area contributed by atoms with Crippen molar-refractivity contribution in [1.82, 2.24) is 20.3 Å². The highest BCUT2D eigenvalue weighted by atomic mass is 16.4. The van der Waals surface area contributed by atoms with Crippen LogP contribution in [0.5, 0.6) is 0 Å². The Balaban J connectivity index is 1.50. The van der Waals surface area contributed by atoms with Gasteiger partial charge >= 0.3 is 5.76 Å². The summed E-state index contributed by atoms with van der Waals surface area (Å²) in [7, 11) is 0. The lowest BCUT2D eigenvalue weighted by atomic mass is 10.2. The van der Waals surface area contributed by atoms with E-state index in [0.29, 0.717) is 28.4 Å².